The summed E-state index contributed by atoms with van der Waals surface area (Å²) >= 11 is 3.67. The van der Waals surface area contributed by atoms with Crippen LogP contribution in [0, 0.1) is 13.8 Å². The molecule has 0 unspecified atom stereocenters. The van der Waals surface area contributed by atoms with E-state index in [1.54, 1.807) is 11.3 Å². The molecular formula is C32H26S2. The zero-order valence-corrected chi connectivity index (χ0v) is 21.0. The summed E-state index contributed by atoms with van der Waals surface area (Å²) < 4.78 is 0. The molecule has 0 amide bonds. The van der Waals surface area contributed by atoms with Gasteiger partial charge in [0.05, 0.1) is 0 Å². The molecule has 2 aromatic heterocycles. The van der Waals surface area contributed by atoms with E-state index in [-0.39, 0.29) is 0 Å². The van der Waals surface area contributed by atoms with Crippen molar-refractivity contribution >= 4 is 33.4 Å². The lowest BCUT2D eigenvalue weighted by molar-refractivity contribution is 1.61. The van der Waals surface area contributed by atoms with Crippen molar-refractivity contribution in [3.63, 3.8) is 0 Å². The van der Waals surface area contributed by atoms with Crippen molar-refractivity contribution < 1.29 is 0 Å². The Morgan fingerprint density at radius 2 is 1.12 bits per heavy atom. The van der Waals surface area contributed by atoms with Gasteiger partial charge in [0.2, 0.25) is 0 Å². The van der Waals surface area contributed by atoms with Gasteiger partial charge in [0.15, 0.2) is 0 Å². The van der Waals surface area contributed by atoms with Gasteiger partial charge in [0.25, 0.3) is 0 Å². The number of thiophene rings is 2. The molecule has 2 heterocycles. The molecule has 0 bridgehead atoms. The van der Waals surface area contributed by atoms with Crippen LogP contribution in [0.15, 0.2) is 121 Å². The Morgan fingerprint density at radius 3 is 1.79 bits per heavy atom. The van der Waals surface area contributed by atoms with Crippen LogP contribution in [-0.4, -0.2) is 0 Å². The lowest BCUT2D eigenvalue weighted by atomic mass is 10.0. The first kappa shape index (κ1) is 22.3. The summed E-state index contributed by atoms with van der Waals surface area (Å²) in [7, 11) is 0. The Kier molecular flexibility index (Phi) is 6.71. The van der Waals surface area contributed by atoms with Crippen LogP contribution in [0.25, 0.3) is 43.5 Å². The average Bonchev–Trinajstić information content (AvgIpc) is 3.51. The topological polar surface area (TPSA) is 0 Å². The molecule has 0 aliphatic rings. The highest BCUT2D eigenvalue weighted by atomic mass is 32.1. The van der Waals surface area contributed by atoms with E-state index in [2.05, 4.69) is 134 Å². The summed E-state index contributed by atoms with van der Waals surface area (Å²) in [5, 5.41) is 4.83. The van der Waals surface area contributed by atoms with Crippen molar-refractivity contribution in [3.8, 4) is 32.7 Å². The molecule has 0 N–H and O–H groups in total. The Balaban J connectivity index is 0.000000142. The summed E-state index contributed by atoms with van der Waals surface area (Å²) in [4.78, 5) is 4.08. The van der Waals surface area contributed by atoms with Crippen molar-refractivity contribution in [2.24, 2.45) is 0 Å². The number of aryl methyl sites for hydroxylation is 2. The zero-order chi connectivity index (χ0) is 23.3. The predicted octanol–water partition coefficient (Wildman–Crippen LogP) is 10.3. The first-order valence-electron chi connectivity index (χ1n) is 11.4. The van der Waals surface area contributed by atoms with Gasteiger partial charge in [-0.25, -0.2) is 0 Å². The molecule has 0 aliphatic heterocycles. The zero-order valence-electron chi connectivity index (χ0n) is 19.4. The third-order valence-electron chi connectivity index (χ3n) is 5.79. The molecule has 0 fully saturated rings. The third kappa shape index (κ3) is 5.04. The quantitative estimate of drug-likeness (QED) is 0.239. The lowest BCUT2D eigenvalue weighted by Crippen LogP contribution is -1.77. The molecule has 0 saturated carbocycles. The Hall–Kier alpha value is -3.46. The van der Waals surface area contributed by atoms with Crippen LogP contribution >= 0.6 is 22.7 Å². The molecule has 34 heavy (non-hydrogen) atoms. The monoisotopic (exact) mass is 474 g/mol. The number of fused-ring (bicyclic) bond motifs is 1. The third-order valence-corrected chi connectivity index (χ3v) is 7.75. The first-order valence-corrected chi connectivity index (χ1v) is 13.1. The summed E-state index contributed by atoms with van der Waals surface area (Å²) in [5.74, 6) is 0. The fourth-order valence-corrected chi connectivity index (χ4v) is 5.87. The molecule has 0 saturated heterocycles. The van der Waals surface area contributed by atoms with Gasteiger partial charge in [-0.3, -0.25) is 0 Å². The van der Waals surface area contributed by atoms with Gasteiger partial charge in [-0.15, -0.1) is 22.7 Å². The minimum Gasteiger partial charge on any atom is -0.149 e. The van der Waals surface area contributed by atoms with Gasteiger partial charge < -0.3 is 0 Å². The molecule has 0 aliphatic carbocycles. The van der Waals surface area contributed by atoms with E-state index in [0.29, 0.717) is 0 Å². The smallest absolute Gasteiger partial charge is 0.0423 e. The summed E-state index contributed by atoms with van der Waals surface area (Å²) in [6, 6.07) is 40.9. The van der Waals surface area contributed by atoms with Gasteiger partial charge in [0, 0.05) is 20.2 Å². The second kappa shape index (κ2) is 10.2. The van der Waals surface area contributed by atoms with E-state index >= 15 is 0 Å². The lowest BCUT2D eigenvalue weighted by Gasteiger charge is -2.03. The summed E-state index contributed by atoms with van der Waals surface area (Å²) in [5.41, 5.74) is 6.57. The molecule has 0 atom stereocenters. The standard InChI is InChI=1S/C17H14S.C15H12S/c1-13-12-16(14-8-4-2-5-9-14)17(18-13)15-10-6-3-7-11-15;1-11-8-15(10-16-11)14-7-6-12-4-2-3-5-13(12)9-14/h2-12H,1H3;2-10H,1H3. The molecule has 6 rings (SSSR count). The molecule has 166 valence electrons. The van der Waals surface area contributed by atoms with E-state index in [1.807, 2.05) is 11.3 Å². The normalized spacial score (nSPS) is 10.6. The predicted molar refractivity (Wildman–Crippen MR) is 152 cm³/mol. The maximum absolute atomic E-state index is 2.28. The van der Waals surface area contributed by atoms with Crippen molar-refractivity contribution in [1.82, 2.24) is 0 Å². The first-order chi connectivity index (χ1) is 16.7. The molecule has 0 spiro atoms. The average molecular weight is 475 g/mol. The van der Waals surface area contributed by atoms with Crippen molar-refractivity contribution in [2.45, 2.75) is 13.8 Å². The fourth-order valence-electron chi connectivity index (χ4n) is 4.11. The number of rotatable bonds is 3. The van der Waals surface area contributed by atoms with E-state index in [4.69, 9.17) is 0 Å². The van der Waals surface area contributed by atoms with Crippen LogP contribution < -0.4 is 0 Å². The molecule has 2 heteroatoms. The Bertz CT molecular complexity index is 1450. The molecule has 6 aromatic rings. The molecule has 0 nitrogen and oxygen atoms in total. The van der Waals surface area contributed by atoms with Gasteiger partial charge in [0.1, 0.15) is 0 Å². The van der Waals surface area contributed by atoms with Gasteiger partial charge in [-0.05, 0) is 70.5 Å². The van der Waals surface area contributed by atoms with Crippen molar-refractivity contribution in [2.75, 3.05) is 0 Å². The highest BCUT2D eigenvalue weighted by Crippen LogP contribution is 2.38. The van der Waals surface area contributed by atoms with Crippen molar-refractivity contribution in [1.29, 1.82) is 0 Å². The van der Waals surface area contributed by atoms with Crippen LogP contribution in [0.4, 0.5) is 0 Å². The summed E-state index contributed by atoms with van der Waals surface area (Å²) in [6.07, 6.45) is 0. The molecular weight excluding hydrogens is 448 g/mol. The SMILES string of the molecule is Cc1cc(-c2ccc3ccccc3c2)cs1.Cc1cc(-c2ccccc2)c(-c2ccccc2)s1. The largest absolute Gasteiger partial charge is 0.149 e. The van der Waals surface area contributed by atoms with Crippen LogP contribution in [0.2, 0.25) is 0 Å². The van der Waals surface area contributed by atoms with Gasteiger partial charge in [-0.2, -0.15) is 0 Å². The molecule has 4 aromatic carbocycles. The van der Waals surface area contributed by atoms with E-state index in [0.717, 1.165) is 0 Å². The number of hydrogen-bond acceptors (Lipinski definition) is 2. The van der Waals surface area contributed by atoms with Crippen LogP contribution in [0.1, 0.15) is 9.75 Å². The fraction of sp³-hybridized carbons (Fsp3) is 0.0625. The van der Waals surface area contributed by atoms with E-state index in [1.165, 1.54) is 53.2 Å². The number of benzene rings is 4. The maximum Gasteiger partial charge on any atom is 0.0423 e. The van der Waals surface area contributed by atoms with Crippen LogP contribution in [0.3, 0.4) is 0 Å². The highest BCUT2D eigenvalue weighted by molar-refractivity contribution is 7.16. The second-order valence-corrected chi connectivity index (χ2v) is 10.7. The maximum atomic E-state index is 2.28. The van der Waals surface area contributed by atoms with Gasteiger partial charge >= 0.3 is 0 Å². The minimum absolute atomic E-state index is 1.29. The highest BCUT2D eigenvalue weighted by Gasteiger charge is 2.10. The number of hydrogen-bond donors (Lipinski definition) is 0. The Morgan fingerprint density at radius 1 is 0.471 bits per heavy atom. The Labute approximate surface area is 209 Å². The summed E-state index contributed by atoms with van der Waals surface area (Å²) in [6.45, 7) is 4.32. The van der Waals surface area contributed by atoms with Crippen LogP contribution in [0.5, 0.6) is 0 Å². The van der Waals surface area contributed by atoms with Crippen LogP contribution in [-0.2, 0) is 0 Å². The van der Waals surface area contributed by atoms with E-state index in [9.17, 15) is 0 Å². The molecule has 0 radical (unpaired) electrons. The second-order valence-electron chi connectivity index (χ2n) is 8.34. The van der Waals surface area contributed by atoms with Gasteiger partial charge in [-0.1, -0.05) is 97.1 Å². The van der Waals surface area contributed by atoms with E-state index < -0.39 is 0 Å². The minimum atomic E-state index is 1.29. The van der Waals surface area contributed by atoms with Crippen molar-refractivity contribution in [3.05, 3.63) is 130 Å².